The van der Waals surface area contributed by atoms with Crippen molar-refractivity contribution in [3.05, 3.63) is 18.2 Å². The molecule has 2 saturated heterocycles. The molecule has 1 unspecified atom stereocenters. The van der Waals surface area contributed by atoms with Crippen molar-refractivity contribution in [1.82, 2.24) is 25.9 Å². The number of rotatable bonds is 7. The topological polar surface area (TPSA) is 142 Å². The molecular formula is C18H25N5O5. The monoisotopic (exact) mass is 391 g/mol. The first-order valence-electron chi connectivity index (χ1n) is 9.41. The highest BCUT2D eigenvalue weighted by Crippen LogP contribution is 2.24. The highest BCUT2D eigenvalue weighted by Gasteiger charge is 2.50. The third kappa shape index (κ3) is 4.06. The molecule has 3 heterocycles. The van der Waals surface area contributed by atoms with E-state index in [1.165, 1.54) is 13.4 Å². The Morgan fingerprint density at radius 2 is 2.21 bits per heavy atom. The van der Waals surface area contributed by atoms with E-state index in [-0.39, 0.29) is 18.7 Å². The number of aromatic amines is 1. The third-order valence-electron chi connectivity index (χ3n) is 5.28. The van der Waals surface area contributed by atoms with Crippen molar-refractivity contribution in [2.24, 2.45) is 0 Å². The first kappa shape index (κ1) is 20.0. The van der Waals surface area contributed by atoms with Crippen molar-refractivity contribution in [2.75, 3.05) is 13.7 Å². The van der Waals surface area contributed by atoms with Gasteiger partial charge in [0.25, 0.3) is 0 Å². The van der Waals surface area contributed by atoms with E-state index in [0.29, 0.717) is 31.5 Å². The van der Waals surface area contributed by atoms with E-state index in [2.05, 4.69) is 25.9 Å². The Morgan fingerprint density at radius 3 is 2.79 bits per heavy atom. The second-order valence-electron chi connectivity index (χ2n) is 7.15. The summed E-state index contributed by atoms with van der Waals surface area (Å²) in [5.41, 5.74) is -0.853. The number of carbonyl (C=O) groups is 4. The lowest BCUT2D eigenvalue weighted by molar-refractivity contribution is -0.155. The van der Waals surface area contributed by atoms with E-state index in [1.807, 2.05) is 0 Å². The number of Topliss-reactive ketones (excluding diaryl/α,β-unsaturated/α-hetero) is 1. The molecule has 152 valence electrons. The first-order chi connectivity index (χ1) is 13.5. The quantitative estimate of drug-likeness (QED) is 0.344. The summed E-state index contributed by atoms with van der Waals surface area (Å²) in [7, 11) is 1.24. The number of carbonyl (C=O) groups excluding carboxylic acids is 4. The number of amides is 2. The zero-order valence-electron chi connectivity index (χ0n) is 15.7. The number of esters is 1. The lowest BCUT2D eigenvalue weighted by atomic mass is 9.80. The van der Waals surface area contributed by atoms with E-state index in [1.54, 1.807) is 6.20 Å². The van der Waals surface area contributed by atoms with Crippen LogP contribution in [0, 0.1) is 0 Å². The number of hydrogen-bond donors (Lipinski definition) is 4. The van der Waals surface area contributed by atoms with Crippen LogP contribution in [0.4, 0.5) is 0 Å². The third-order valence-corrected chi connectivity index (χ3v) is 5.28. The molecule has 3 atom stereocenters. The number of piperidine rings is 1. The molecule has 0 aliphatic carbocycles. The van der Waals surface area contributed by atoms with Crippen molar-refractivity contribution < 1.29 is 23.9 Å². The molecule has 10 nitrogen and oxygen atoms in total. The molecule has 28 heavy (non-hydrogen) atoms. The maximum Gasteiger partial charge on any atom is 0.333 e. The average Bonchev–Trinajstić information content (AvgIpc) is 3.38. The van der Waals surface area contributed by atoms with Gasteiger partial charge < -0.3 is 20.4 Å². The summed E-state index contributed by atoms with van der Waals surface area (Å²) < 4.78 is 4.91. The van der Waals surface area contributed by atoms with Crippen molar-refractivity contribution in [1.29, 1.82) is 0 Å². The summed E-state index contributed by atoms with van der Waals surface area (Å²) in [5, 5.41) is 8.33. The Kier molecular flexibility index (Phi) is 6.08. The molecule has 0 saturated carbocycles. The van der Waals surface area contributed by atoms with Gasteiger partial charge in [0.15, 0.2) is 11.3 Å². The summed E-state index contributed by atoms with van der Waals surface area (Å²) in [4.78, 5) is 56.9. The first-order valence-corrected chi connectivity index (χ1v) is 9.41. The minimum Gasteiger partial charge on any atom is -0.467 e. The van der Waals surface area contributed by atoms with Crippen LogP contribution in [0.5, 0.6) is 0 Å². The standard InChI is InChI=1S/C18H25N5O5/c1-28-17(27)18(6-2-3-7-21-18)15(25)13(8-11-9-19-10-20-11)23-16(26)12-4-5-14(24)22-12/h9-10,12-13,21H,2-8H2,1H3,(H,19,20)(H,22,24)(H,23,26)/t12-,13-,18?/m0/s1. The molecule has 0 radical (unpaired) electrons. The molecule has 0 bridgehead atoms. The Hall–Kier alpha value is -2.75. The van der Waals surface area contributed by atoms with E-state index in [0.717, 1.165) is 6.42 Å². The lowest BCUT2D eigenvalue weighted by Gasteiger charge is -2.37. The number of imidazole rings is 1. The Balaban J connectivity index is 1.83. The fraction of sp³-hybridized carbons (Fsp3) is 0.611. The lowest BCUT2D eigenvalue weighted by Crippen LogP contribution is -2.66. The van der Waals surface area contributed by atoms with Gasteiger partial charge in [-0.3, -0.25) is 19.7 Å². The number of nitrogens with zero attached hydrogens (tertiary/aromatic N) is 1. The minimum absolute atomic E-state index is 0.145. The Morgan fingerprint density at radius 1 is 1.39 bits per heavy atom. The predicted molar refractivity (Wildman–Crippen MR) is 97.0 cm³/mol. The van der Waals surface area contributed by atoms with Crippen LogP contribution in [-0.4, -0.2) is 64.8 Å². The number of methoxy groups -OCH3 is 1. The predicted octanol–water partition coefficient (Wildman–Crippen LogP) is -1.03. The summed E-state index contributed by atoms with van der Waals surface area (Å²) in [6.45, 7) is 0.504. The average molecular weight is 391 g/mol. The van der Waals surface area contributed by atoms with Gasteiger partial charge in [-0.05, 0) is 32.2 Å². The van der Waals surface area contributed by atoms with Crippen LogP contribution in [0.2, 0.25) is 0 Å². The highest BCUT2D eigenvalue weighted by atomic mass is 16.5. The summed E-state index contributed by atoms with van der Waals surface area (Å²) in [5.74, 6) is -1.75. The van der Waals surface area contributed by atoms with Crippen LogP contribution in [0.1, 0.15) is 37.8 Å². The molecule has 2 aliphatic heterocycles. The van der Waals surface area contributed by atoms with Crippen LogP contribution in [0.15, 0.2) is 12.5 Å². The fourth-order valence-electron chi connectivity index (χ4n) is 3.77. The van der Waals surface area contributed by atoms with Gasteiger partial charge in [-0.15, -0.1) is 0 Å². The molecular weight excluding hydrogens is 366 g/mol. The second kappa shape index (κ2) is 8.51. The molecule has 3 rings (SSSR count). The maximum atomic E-state index is 13.5. The van der Waals surface area contributed by atoms with Crippen molar-refractivity contribution in [2.45, 2.75) is 56.1 Å². The van der Waals surface area contributed by atoms with Crippen molar-refractivity contribution >= 4 is 23.6 Å². The number of nitrogens with one attached hydrogen (secondary N) is 4. The van der Waals surface area contributed by atoms with Crippen LogP contribution >= 0.6 is 0 Å². The van der Waals surface area contributed by atoms with E-state index < -0.39 is 35.3 Å². The smallest absolute Gasteiger partial charge is 0.333 e. The molecule has 2 fully saturated rings. The molecule has 1 aromatic heterocycles. The van der Waals surface area contributed by atoms with E-state index in [9.17, 15) is 19.2 Å². The number of ether oxygens (including phenoxy) is 1. The number of hydrogen-bond acceptors (Lipinski definition) is 7. The van der Waals surface area contributed by atoms with Gasteiger partial charge in [-0.2, -0.15) is 0 Å². The minimum atomic E-state index is -1.50. The molecule has 4 N–H and O–H groups in total. The molecule has 10 heteroatoms. The van der Waals surface area contributed by atoms with Gasteiger partial charge in [0, 0.05) is 24.7 Å². The highest BCUT2D eigenvalue weighted by molar-refractivity contribution is 6.12. The van der Waals surface area contributed by atoms with Crippen LogP contribution in [0.25, 0.3) is 0 Å². The fourth-order valence-corrected chi connectivity index (χ4v) is 3.77. The zero-order valence-corrected chi connectivity index (χ0v) is 15.7. The van der Waals surface area contributed by atoms with Crippen LogP contribution in [0.3, 0.4) is 0 Å². The van der Waals surface area contributed by atoms with Crippen molar-refractivity contribution in [3.8, 4) is 0 Å². The largest absolute Gasteiger partial charge is 0.467 e. The van der Waals surface area contributed by atoms with Gasteiger partial charge >= 0.3 is 5.97 Å². The number of ketones is 1. The van der Waals surface area contributed by atoms with Gasteiger partial charge in [-0.1, -0.05) is 0 Å². The van der Waals surface area contributed by atoms with Gasteiger partial charge in [0.1, 0.15) is 6.04 Å². The summed E-state index contributed by atoms with van der Waals surface area (Å²) >= 11 is 0. The van der Waals surface area contributed by atoms with Crippen LogP contribution in [-0.2, 0) is 30.3 Å². The molecule has 0 spiro atoms. The summed E-state index contributed by atoms with van der Waals surface area (Å²) in [6.07, 6.45) is 5.66. The van der Waals surface area contributed by atoms with Crippen molar-refractivity contribution in [3.63, 3.8) is 0 Å². The van der Waals surface area contributed by atoms with Crippen LogP contribution < -0.4 is 16.0 Å². The molecule has 1 aromatic rings. The zero-order chi connectivity index (χ0) is 20.1. The summed E-state index contributed by atoms with van der Waals surface area (Å²) in [6, 6.07) is -1.66. The van der Waals surface area contributed by atoms with E-state index >= 15 is 0 Å². The number of aromatic nitrogens is 2. The number of H-pyrrole nitrogens is 1. The van der Waals surface area contributed by atoms with Gasteiger partial charge in [0.05, 0.1) is 19.5 Å². The van der Waals surface area contributed by atoms with Gasteiger partial charge in [-0.25, -0.2) is 9.78 Å². The SMILES string of the molecule is COC(=O)C1(C(=O)[C@H](Cc2cnc[nH]2)NC(=O)[C@@H]2CCC(=O)N2)CCCCN1. The molecule has 2 amide bonds. The normalized spacial score (nSPS) is 25.6. The van der Waals surface area contributed by atoms with Gasteiger partial charge in [0.2, 0.25) is 11.8 Å². The Bertz CT molecular complexity index is 742. The molecule has 0 aromatic carbocycles. The second-order valence-corrected chi connectivity index (χ2v) is 7.15. The molecule has 2 aliphatic rings. The maximum absolute atomic E-state index is 13.5. The Labute approximate surface area is 162 Å². The van der Waals surface area contributed by atoms with E-state index in [4.69, 9.17) is 4.74 Å².